The maximum Gasteiger partial charge on any atom is 0.331 e. The molecular formula is C16H15N3O3S. The summed E-state index contributed by atoms with van der Waals surface area (Å²) in [5, 5.41) is 9.10. The quantitative estimate of drug-likeness (QED) is 0.800. The number of rotatable bonds is 4. The van der Waals surface area contributed by atoms with Gasteiger partial charge in [0.15, 0.2) is 5.78 Å². The zero-order valence-electron chi connectivity index (χ0n) is 12.8. The first-order valence-electron chi connectivity index (χ1n) is 7.28. The predicted octanol–water partition coefficient (Wildman–Crippen LogP) is 1.78. The molecule has 0 atom stereocenters. The van der Waals surface area contributed by atoms with E-state index in [-0.39, 0.29) is 23.9 Å². The molecule has 1 aliphatic carbocycles. The van der Waals surface area contributed by atoms with Gasteiger partial charge in [0.05, 0.1) is 6.54 Å². The number of carbonyl (C=O) groups is 1. The molecule has 2 aromatic heterocycles. The second-order valence-electron chi connectivity index (χ2n) is 5.72. The van der Waals surface area contributed by atoms with Crippen LogP contribution >= 0.6 is 11.3 Å². The van der Waals surface area contributed by atoms with Crippen LogP contribution in [0.5, 0.6) is 0 Å². The lowest BCUT2D eigenvalue weighted by Crippen LogP contribution is -2.42. The zero-order chi connectivity index (χ0) is 16.7. The molecule has 0 bridgehead atoms. The van der Waals surface area contributed by atoms with Gasteiger partial charge >= 0.3 is 5.69 Å². The van der Waals surface area contributed by atoms with Crippen molar-refractivity contribution in [1.82, 2.24) is 9.13 Å². The van der Waals surface area contributed by atoms with Crippen LogP contribution in [0.15, 0.2) is 21.9 Å². The van der Waals surface area contributed by atoms with E-state index >= 15 is 0 Å². The second kappa shape index (κ2) is 5.63. The van der Waals surface area contributed by atoms with Crippen molar-refractivity contribution >= 4 is 17.1 Å². The number of Topliss-reactive ketones (excluding diaryl/α,β-unsaturated/α-hetero) is 1. The Morgan fingerprint density at radius 2 is 2.09 bits per heavy atom. The van der Waals surface area contributed by atoms with Gasteiger partial charge in [0, 0.05) is 27.6 Å². The largest absolute Gasteiger partial charge is 0.331 e. The van der Waals surface area contributed by atoms with Crippen LogP contribution in [0.25, 0.3) is 0 Å². The fourth-order valence-corrected chi connectivity index (χ4v) is 3.53. The monoisotopic (exact) mass is 329 g/mol. The number of nitrogens with zero attached hydrogens (tertiary/aromatic N) is 3. The smallest absolute Gasteiger partial charge is 0.296 e. The summed E-state index contributed by atoms with van der Waals surface area (Å²) in [6.07, 6.45) is 3.00. The second-order valence-corrected chi connectivity index (χ2v) is 7.18. The summed E-state index contributed by atoms with van der Waals surface area (Å²) in [5.41, 5.74) is -0.802. The van der Waals surface area contributed by atoms with Crippen molar-refractivity contribution in [2.45, 2.75) is 39.3 Å². The van der Waals surface area contributed by atoms with Gasteiger partial charge in [-0.25, -0.2) is 4.79 Å². The Labute approximate surface area is 136 Å². The summed E-state index contributed by atoms with van der Waals surface area (Å²) < 4.78 is 2.28. The normalized spacial score (nSPS) is 13.8. The van der Waals surface area contributed by atoms with Crippen molar-refractivity contribution in [2.75, 3.05) is 0 Å². The molecule has 0 spiro atoms. The summed E-state index contributed by atoms with van der Waals surface area (Å²) in [6.45, 7) is 3.40. The molecule has 2 aromatic rings. The van der Waals surface area contributed by atoms with Gasteiger partial charge in [0.1, 0.15) is 11.6 Å². The molecular weight excluding hydrogens is 314 g/mol. The average molecular weight is 329 g/mol. The van der Waals surface area contributed by atoms with Crippen LogP contribution in [0.3, 0.4) is 0 Å². The van der Waals surface area contributed by atoms with Crippen molar-refractivity contribution in [3.05, 3.63) is 54.0 Å². The van der Waals surface area contributed by atoms with Crippen molar-refractivity contribution < 1.29 is 4.79 Å². The fourth-order valence-electron chi connectivity index (χ4n) is 2.59. The Morgan fingerprint density at radius 1 is 1.39 bits per heavy atom. The van der Waals surface area contributed by atoms with Crippen LogP contribution in [-0.4, -0.2) is 14.9 Å². The topological polar surface area (TPSA) is 84.9 Å². The number of hydrogen-bond acceptors (Lipinski definition) is 5. The number of aromatic nitrogens is 2. The Hall–Kier alpha value is -2.46. The van der Waals surface area contributed by atoms with Gasteiger partial charge in [-0.05, 0) is 32.8 Å². The van der Waals surface area contributed by atoms with Crippen molar-refractivity contribution in [3.63, 3.8) is 0 Å². The Balaban J connectivity index is 2.06. The van der Waals surface area contributed by atoms with E-state index in [1.54, 1.807) is 6.07 Å². The lowest BCUT2D eigenvalue weighted by atomic mass is 10.1. The number of carbonyl (C=O) groups excluding carboxylic acids is 1. The lowest BCUT2D eigenvalue weighted by Gasteiger charge is -2.09. The van der Waals surface area contributed by atoms with Gasteiger partial charge in [-0.2, -0.15) is 5.26 Å². The number of hydrogen-bond donors (Lipinski definition) is 0. The third-order valence-electron chi connectivity index (χ3n) is 3.90. The maximum absolute atomic E-state index is 12.5. The first-order chi connectivity index (χ1) is 10.9. The zero-order valence-corrected chi connectivity index (χ0v) is 13.6. The van der Waals surface area contributed by atoms with Gasteiger partial charge in [0.2, 0.25) is 0 Å². The molecule has 0 radical (unpaired) electrons. The van der Waals surface area contributed by atoms with Crippen LogP contribution in [-0.2, 0) is 6.54 Å². The highest BCUT2D eigenvalue weighted by atomic mass is 32.1. The van der Waals surface area contributed by atoms with Crippen molar-refractivity contribution in [2.24, 2.45) is 0 Å². The molecule has 1 aliphatic rings. The average Bonchev–Trinajstić information content (AvgIpc) is 3.28. The molecule has 3 rings (SSSR count). The van der Waals surface area contributed by atoms with Crippen LogP contribution < -0.4 is 11.2 Å². The standard InChI is InChI=1S/C16H15N3O3S/c1-9-5-13(10(2)23-9)14(20)8-19-15(21)11(6-17)7-18(16(19)22)12-3-4-12/h5,7,12H,3-4,8H2,1-2H3. The van der Waals surface area contributed by atoms with E-state index in [0.717, 1.165) is 27.2 Å². The highest BCUT2D eigenvalue weighted by molar-refractivity contribution is 7.12. The van der Waals surface area contributed by atoms with E-state index in [2.05, 4.69) is 0 Å². The van der Waals surface area contributed by atoms with E-state index in [1.807, 2.05) is 19.9 Å². The first-order valence-corrected chi connectivity index (χ1v) is 8.10. The highest BCUT2D eigenvalue weighted by Crippen LogP contribution is 2.33. The third kappa shape index (κ3) is 2.78. The Bertz CT molecular complexity index is 954. The van der Waals surface area contributed by atoms with Crippen molar-refractivity contribution in [1.29, 1.82) is 5.26 Å². The van der Waals surface area contributed by atoms with Crippen LogP contribution in [0, 0.1) is 25.2 Å². The van der Waals surface area contributed by atoms with E-state index in [0.29, 0.717) is 5.56 Å². The minimum absolute atomic E-state index is 0.0293. The van der Waals surface area contributed by atoms with Crippen LogP contribution in [0.1, 0.15) is 44.6 Å². The molecule has 23 heavy (non-hydrogen) atoms. The fraction of sp³-hybridized carbons (Fsp3) is 0.375. The summed E-state index contributed by atoms with van der Waals surface area (Å²) in [7, 11) is 0. The van der Waals surface area contributed by atoms with Gasteiger partial charge in [0.25, 0.3) is 5.56 Å². The minimum Gasteiger partial charge on any atom is -0.296 e. The molecule has 1 saturated carbocycles. The molecule has 0 N–H and O–H groups in total. The molecule has 0 amide bonds. The third-order valence-corrected chi connectivity index (χ3v) is 4.87. The number of aryl methyl sites for hydroxylation is 2. The molecule has 0 unspecified atom stereocenters. The van der Waals surface area contributed by atoms with Crippen molar-refractivity contribution in [3.8, 4) is 6.07 Å². The molecule has 0 aliphatic heterocycles. The van der Waals surface area contributed by atoms with E-state index in [9.17, 15) is 14.4 Å². The minimum atomic E-state index is -0.702. The van der Waals surface area contributed by atoms with Gasteiger partial charge in [-0.3, -0.25) is 18.7 Å². The SMILES string of the molecule is Cc1cc(C(=O)Cn2c(=O)c(C#N)cn(C3CC3)c2=O)c(C)s1. The van der Waals surface area contributed by atoms with Gasteiger partial charge in [-0.15, -0.1) is 11.3 Å². The number of ketones is 1. The maximum atomic E-state index is 12.5. The van der Waals surface area contributed by atoms with Crippen LogP contribution in [0.4, 0.5) is 0 Å². The summed E-state index contributed by atoms with van der Waals surface area (Å²) >= 11 is 1.50. The van der Waals surface area contributed by atoms with E-state index in [4.69, 9.17) is 5.26 Å². The predicted molar refractivity (Wildman–Crippen MR) is 86.1 cm³/mol. The summed E-state index contributed by atoms with van der Waals surface area (Å²) in [4.78, 5) is 39.0. The van der Waals surface area contributed by atoms with Gasteiger partial charge < -0.3 is 0 Å². The summed E-state index contributed by atoms with van der Waals surface area (Å²) in [5.74, 6) is -0.288. The van der Waals surface area contributed by atoms with Crippen LogP contribution in [0.2, 0.25) is 0 Å². The first kappa shape index (κ1) is 15.4. The molecule has 1 fully saturated rings. The van der Waals surface area contributed by atoms with E-state index < -0.39 is 11.2 Å². The molecule has 6 nitrogen and oxygen atoms in total. The number of nitriles is 1. The van der Waals surface area contributed by atoms with E-state index in [1.165, 1.54) is 22.1 Å². The molecule has 7 heteroatoms. The molecule has 0 aromatic carbocycles. The highest BCUT2D eigenvalue weighted by Gasteiger charge is 2.27. The van der Waals surface area contributed by atoms with Gasteiger partial charge in [-0.1, -0.05) is 0 Å². The molecule has 2 heterocycles. The number of thiophene rings is 1. The molecule has 0 saturated heterocycles. The lowest BCUT2D eigenvalue weighted by molar-refractivity contribution is 0.0968. The molecule has 118 valence electrons. The summed E-state index contributed by atoms with van der Waals surface area (Å²) in [6, 6.07) is 3.61. The Kier molecular flexibility index (Phi) is 3.78. The Morgan fingerprint density at radius 3 is 2.61 bits per heavy atom.